The Morgan fingerprint density at radius 1 is 1.15 bits per heavy atom. The average Bonchev–Trinajstić information content (AvgIpc) is 3.33. The third kappa shape index (κ3) is 2.82. The van der Waals surface area contributed by atoms with Crippen LogP contribution >= 0.6 is 0 Å². The highest BCUT2D eigenvalue weighted by molar-refractivity contribution is 5.68. The predicted octanol–water partition coefficient (Wildman–Crippen LogP) is 3.26. The van der Waals surface area contributed by atoms with Gasteiger partial charge in [-0.1, -0.05) is 12.1 Å². The molecular weight excluding hydrogens is 336 g/mol. The maximum atomic E-state index is 5.42. The van der Waals surface area contributed by atoms with E-state index in [-0.39, 0.29) is 0 Å². The van der Waals surface area contributed by atoms with Gasteiger partial charge in [0.15, 0.2) is 0 Å². The van der Waals surface area contributed by atoms with Crippen molar-refractivity contribution in [3.8, 4) is 17.0 Å². The molecule has 1 aromatic carbocycles. The summed E-state index contributed by atoms with van der Waals surface area (Å²) in [6.07, 6.45) is 4.89. The molecular formula is C22H24N4O. The van der Waals surface area contributed by atoms with Gasteiger partial charge in [-0.15, -0.1) is 0 Å². The van der Waals surface area contributed by atoms with Crippen molar-refractivity contribution in [2.24, 2.45) is 13.0 Å². The number of pyridine rings is 1. The SMILES string of the molecule is COc1cccc(-c2nn(C)c3c2[C@H]2CN(Cc4ccncc4)C[C@@H]2C3)c1. The largest absolute Gasteiger partial charge is 0.497 e. The van der Waals surface area contributed by atoms with Crippen LogP contribution in [0.25, 0.3) is 11.3 Å². The smallest absolute Gasteiger partial charge is 0.119 e. The minimum atomic E-state index is 0.566. The molecule has 3 heterocycles. The number of likely N-dealkylation sites (tertiary alicyclic amines) is 1. The van der Waals surface area contributed by atoms with E-state index in [1.807, 2.05) is 24.5 Å². The Morgan fingerprint density at radius 2 is 2.00 bits per heavy atom. The summed E-state index contributed by atoms with van der Waals surface area (Å²) in [5.41, 5.74) is 6.48. The Balaban J connectivity index is 1.45. The lowest BCUT2D eigenvalue weighted by atomic mass is 9.94. The molecule has 3 aromatic rings. The van der Waals surface area contributed by atoms with Crippen LogP contribution in [0.5, 0.6) is 5.75 Å². The third-order valence-corrected chi connectivity index (χ3v) is 6.05. The van der Waals surface area contributed by atoms with E-state index in [2.05, 4.69) is 45.9 Å². The Labute approximate surface area is 159 Å². The number of aryl methyl sites for hydroxylation is 1. The lowest BCUT2D eigenvalue weighted by Gasteiger charge is -2.16. The number of benzene rings is 1. The Hall–Kier alpha value is -2.66. The summed E-state index contributed by atoms with van der Waals surface area (Å²) >= 11 is 0. The molecule has 5 nitrogen and oxygen atoms in total. The zero-order valence-corrected chi connectivity index (χ0v) is 15.8. The molecule has 27 heavy (non-hydrogen) atoms. The molecule has 0 saturated carbocycles. The van der Waals surface area contributed by atoms with E-state index in [0.717, 1.165) is 43.1 Å². The first-order valence-electron chi connectivity index (χ1n) is 9.54. The van der Waals surface area contributed by atoms with E-state index >= 15 is 0 Å². The van der Waals surface area contributed by atoms with Gasteiger partial charge in [0.2, 0.25) is 0 Å². The van der Waals surface area contributed by atoms with E-state index < -0.39 is 0 Å². The summed E-state index contributed by atoms with van der Waals surface area (Å²) in [6.45, 7) is 3.25. The molecule has 5 heteroatoms. The molecule has 0 amide bonds. The molecule has 0 N–H and O–H groups in total. The van der Waals surface area contributed by atoms with Crippen molar-refractivity contribution < 1.29 is 4.74 Å². The van der Waals surface area contributed by atoms with E-state index in [1.165, 1.54) is 16.8 Å². The van der Waals surface area contributed by atoms with Crippen LogP contribution in [0, 0.1) is 5.92 Å². The summed E-state index contributed by atoms with van der Waals surface area (Å²) in [5, 5.41) is 4.88. The molecule has 2 atom stereocenters. The van der Waals surface area contributed by atoms with Gasteiger partial charge in [-0.2, -0.15) is 5.10 Å². The van der Waals surface area contributed by atoms with Crippen LogP contribution in [-0.4, -0.2) is 39.9 Å². The van der Waals surface area contributed by atoms with E-state index in [9.17, 15) is 0 Å². The highest BCUT2D eigenvalue weighted by Gasteiger charge is 2.43. The van der Waals surface area contributed by atoms with Gasteiger partial charge in [0.25, 0.3) is 0 Å². The normalized spacial score (nSPS) is 21.3. The summed E-state index contributed by atoms with van der Waals surface area (Å²) < 4.78 is 7.52. The number of ether oxygens (including phenoxy) is 1. The molecule has 1 aliphatic heterocycles. The second-order valence-corrected chi connectivity index (χ2v) is 7.68. The number of aromatic nitrogens is 3. The number of nitrogens with zero attached hydrogens (tertiary/aromatic N) is 4. The Morgan fingerprint density at radius 3 is 2.81 bits per heavy atom. The van der Waals surface area contributed by atoms with Gasteiger partial charge in [-0.05, 0) is 42.2 Å². The first-order chi connectivity index (χ1) is 13.2. The minimum Gasteiger partial charge on any atom is -0.497 e. The molecule has 0 radical (unpaired) electrons. The minimum absolute atomic E-state index is 0.566. The first-order valence-corrected chi connectivity index (χ1v) is 9.54. The molecule has 0 spiro atoms. The van der Waals surface area contributed by atoms with Gasteiger partial charge in [-0.3, -0.25) is 14.6 Å². The second kappa shape index (κ2) is 6.50. The van der Waals surface area contributed by atoms with Crippen molar-refractivity contribution in [1.82, 2.24) is 19.7 Å². The van der Waals surface area contributed by atoms with Crippen molar-refractivity contribution in [1.29, 1.82) is 0 Å². The van der Waals surface area contributed by atoms with E-state index in [0.29, 0.717) is 11.8 Å². The topological polar surface area (TPSA) is 43.2 Å². The van der Waals surface area contributed by atoms with Crippen LogP contribution in [0.3, 0.4) is 0 Å². The summed E-state index contributed by atoms with van der Waals surface area (Å²) in [7, 11) is 3.80. The lowest BCUT2D eigenvalue weighted by Crippen LogP contribution is -2.21. The molecule has 0 unspecified atom stereocenters. The number of fused-ring (bicyclic) bond motifs is 3. The summed E-state index contributed by atoms with van der Waals surface area (Å²) in [6, 6.07) is 12.5. The van der Waals surface area contributed by atoms with Crippen molar-refractivity contribution in [2.45, 2.75) is 18.9 Å². The van der Waals surface area contributed by atoms with E-state index in [1.54, 1.807) is 7.11 Å². The number of rotatable bonds is 4. The maximum absolute atomic E-state index is 5.42. The molecule has 1 aliphatic carbocycles. The summed E-state index contributed by atoms with van der Waals surface area (Å²) in [5.74, 6) is 2.14. The molecule has 5 rings (SSSR count). The maximum Gasteiger partial charge on any atom is 0.119 e. The van der Waals surface area contributed by atoms with Gasteiger partial charge >= 0.3 is 0 Å². The van der Waals surface area contributed by atoms with Gasteiger partial charge in [0.1, 0.15) is 5.75 Å². The van der Waals surface area contributed by atoms with Crippen LogP contribution in [0.15, 0.2) is 48.8 Å². The van der Waals surface area contributed by atoms with Crippen LogP contribution in [-0.2, 0) is 20.0 Å². The molecule has 2 aromatic heterocycles. The molecule has 0 bridgehead atoms. The zero-order chi connectivity index (χ0) is 18.4. The van der Waals surface area contributed by atoms with Crippen LogP contribution in [0.4, 0.5) is 0 Å². The van der Waals surface area contributed by atoms with Crippen molar-refractivity contribution in [3.63, 3.8) is 0 Å². The van der Waals surface area contributed by atoms with E-state index in [4.69, 9.17) is 9.84 Å². The van der Waals surface area contributed by atoms with Crippen LogP contribution in [0.1, 0.15) is 22.7 Å². The van der Waals surface area contributed by atoms with Crippen LogP contribution in [0.2, 0.25) is 0 Å². The highest BCUT2D eigenvalue weighted by Crippen LogP contribution is 2.47. The van der Waals surface area contributed by atoms with Crippen molar-refractivity contribution in [2.75, 3.05) is 20.2 Å². The van der Waals surface area contributed by atoms with Crippen molar-refractivity contribution >= 4 is 0 Å². The first kappa shape index (κ1) is 16.5. The Bertz CT molecular complexity index is 966. The fraction of sp³-hybridized carbons (Fsp3) is 0.364. The fourth-order valence-corrected chi connectivity index (χ4v) is 4.81. The lowest BCUT2D eigenvalue weighted by molar-refractivity contribution is 0.313. The molecule has 138 valence electrons. The Kier molecular flexibility index (Phi) is 3.97. The predicted molar refractivity (Wildman–Crippen MR) is 105 cm³/mol. The standard InChI is InChI=1S/C22H24N4O/c1-25-20-11-17-13-26(12-15-6-8-23-9-7-15)14-19(17)21(20)22(24-25)16-4-3-5-18(10-16)27-2/h3-10,17,19H,11-14H2,1-2H3/t17-,19-/m0/s1. The zero-order valence-electron chi connectivity index (χ0n) is 15.8. The van der Waals surface area contributed by atoms with Gasteiger partial charge < -0.3 is 4.74 Å². The highest BCUT2D eigenvalue weighted by atomic mass is 16.5. The molecule has 2 aliphatic rings. The summed E-state index contributed by atoms with van der Waals surface area (Å²) in [4.78, 5) is 6.71. The van der Waals surface area contributed by atoms with Crippen LogP contribution < -0.4 is 4.74 Å². The average molecular weight is 360 g/mol. The number of methoxy groups -OCH3 is 1. The monoisotopic (exact) mass is 360 g/mol. The second-order valence-electron chi connectivity index (χ2n) is 7.68. The number of hydrogen-bond donors (Lipinski definition) is 0. The number of hydrogen-bond acceptors (Lipinski definition) is 4. The van der Waals surface area contributed by atoms with Crippen molar-refractivity contribution in [3.05, 3.63) is 65.6 Å². The molecule has 1 fully saturated rings. The fourth-order valence-electron chi connectivity index (χ4n) is 4.81. The third-order valence-electron chi connectivity index (χ3n) is 6.05. The van der Waals surface area contributed by atoms with Gasteiger partial charge in [0, 0.05) is 61.8 Å². The quantitative estimate of drug-likeness (QED) is 0.716. The van der Waals surface area contributed by atoms with Gasteiger partial charge in [0.05, 0.1) is 12.8 Å². The van der Waals surface area contributed by atoms with Gasteiger partial charge in [-0.25, -0.2) is 0 Å². The molecule has 1 saturated heterocycles.